The SMILES string of the molecule is Cc1cnn(CCC(=O)Nc2cc(Cl)c(N)c(Cl)c2)c1. The van der Waals surface area contributed by atoms with Gasteiger partial charge in [-0.3, -0.25) is 9.48 Å². The number of nitrogen functional groups attached to an aromatic ring is 1. The molecule has 0 unspecified atom stereocenters. The van der Waals surface area contributed by atoms with Crippen molar-refractivity contribution in [3.63, 3.8) is 0 Å². The number of nitrogens with zero attached hydrogens (tertiary/aromatic N) is 2. The van der Waals surface area contributed by atoms with Gasteiger partial charge in [0.1, 0.15) is 0 Å². The maximum absolute atomic E-state index is 11.8. The molecule has 0 fully saturated rings. The highest BCUT2D eigenvalue weighted by Crippen LogP contribution is 2.31. The molecule has 3 N–H and O–H groups in total. The highest BCUT2D eigenvalue weighted by molar-refractivity contribution is 6.39. The first-order chi connectivity index (χ1) is 9.45. The minimum atomic E-state index is -0.143. The number of carbonyl (C=O) groups excluding carboxylic acids is 1. The standard InChI is InChI=1S/C13H14Cl2N4O/c1-8-6-17-19(7-8)3-2-12(20)18-9-4-10(14)13(16)11(15)5-9/h4-7H,2-3,16H2,1H3,(H,18,20). The summed E-state index contributed by atoms with van der Waals surface area (Å²) >= 11 is 11.8. The van der Waals surface area contributed by atoms with Crippen LogP contribution >= 0.6 is 23.2 Å². The summed E-state index contributed by atoms with van der Waals surface area (Å²) < 4.78 is 1.72. The molecule has 1 amide bonds. The molecule has 0 aliphatic rings. The Morgan fingerprint density at radius 3 is 2.60 bits per heavy atom. The molecule has 0 saturated carbocycles. The number of anilines is 2. The zero-order chi connectivity index (χ0) is 14.7. The first kappa shape index (κ1) is 14.7. The van der Waals surface area contributed by atoms with Crippen LogP contribution in [0.25, 0.3) is 0 Å². The van der Waals surface area contributed by atoms with Crippen molar-refractivity contribution in [1.82, 2.24) is 9.78 Å². The van der Waals surface area contributed by atoms with Gasteiger partial charge in [-0.15, -0.1) is 0 Å². The van der Waals surface area contributed by atoms with Crippen molar-refractivity contribution in [2.45, 2.75) is 19.9 Å². The van der Waals surface area contributed by atoms with Crippen molar-refractivity contribution in [2.24, 2.45) is 0 Å². The third-order valence-electron chi connectivity index (χ3n) is 2.69. The van der Waals surface area contributed by atoms with E-state index in [2.05, 4.69) is 10.4 Å². The van der Waals surface area contributed by atoms with Gasteiger partial charge in [0.05, 0.1) is 21.9 Å². The quantitative estimate of drug-likeness (QED) is 0.852. The number of nitrogens with one attached hydrogen (secondary N) is 1. The van der Waals surface area contributed by atoms with Crippen LogP contribution in [0.3, 0.4) is 0 Å². The number of halogens is 2. The second kappa shape index (κ2) is 6.15. The smallest absolute Gasteiger partial charge is 0.226 e. The molecule has 20 heavy (non-hydrogen) atoms. The molecule has 2 aromatic rings. The summed E-state index contributed by atoms with van der Waals surface area (Å²) in [6.45, 7) is 2.46. The summed E-state index contributed by atoms with van der Waals surface area (Å²) in [4.78, 5) is 11.8. The van der Waals surface area contributed by atoms with Gasteiger partial charge in [0.25, 0.3) is 0 Å². The molecule has 1 aromatic carbocycles. The number of nitrogens with two attached hydrogens (primary N) is 1. The number of amides is 1. The van der Waals surface area contributed by atoms with Crippen LogP contribution in [0.1, 0.15) is 12.0 Å². The van der Waals surface area contributed by atoms with Crippen molar-refractivity contribution >= 4 is 40.5 Å². The molecule has 0 saturated heterocycles. The largest absolute Gasteiger partial charge is 0.396 e. The number of rotatable bonds is 4. The van der Waals surface area contributed by atoms with Crippen molar-refractivity contribution in [3.05, 3.63) is 40.1 Å². The van der Waals surface area contributed by atoms with Gasteiger partial charge in [-0.25, -0.2) is 0 Å². The van der Waals surface area contributed by atoms with E-state index >= 15 is 0 Å². The van der Waals surface area contributed by atoms with E-state index in [1.165, 1.54) is 0 Å². The van der Waals surface area contributed by atoms with Crippen molar-refractivity contribution in [2.75, 3.05) is 11.1 Å². The lowest BCUT2D eigenvalue weighted by Crippen LogP contribution is -2.14. The first-order valence-electron chi connectivity index (χ1n) is 5.99. The van der Waals surface area contributed by atoms with Gasteiger partial charge in [0.15, 0.2) is 0 Å². The molecule has 0 spiro atoms. The van der Waals surface area contributed by atoms with Crippen LogP contribution in [-0.2, 0) is 11.3 Å². The summed E-state index contributed by atoms with van der Waals surface area (Å²) in [5, 5.41) is 7.47. The maximum atomic E-state index is 11.8. The predicted octanol–water partition coefficient (Wildman–Crippen LogP) is 3.11. The average Bonchev–Trinajstić information content (AvgIpc) is 2.79. The van der Waals surface area contributed by atoms with Gasteiger partial charge in [-0.05, 0) is 24.6 Å². The summed E-state index contributed by atoms with van der Waals surface area (Å²) in [6, 6.07) is 3.14. The number of hydrogen-bond acceptors (Lipinski definition) is 3. The fourth-order valence-corrected chi connectivity index (χ4v) is 2.17. The highest BCUT2D eigenvalue weighted by atomic mass is 35.5. The third kappa shape index (κ3) is 3.65. The van der Waals surface area contributed by atoms with Crippen molar-refractivity contribution < 1.29 is 4.79 Å². The molecular weight excluding hydrogens is 299 g/mol. The van der Waals surface area contributed by atoms with E-state index in [9.17, 15) is 4.79 Å². The normalized spacial score (nSPS) is 10.6. The van der Waals surface area contributed by atoms with E-state index in [1.807, 2.05) is 13.1 Å². The van der Waals surface area contributed by atoms with E-state index in [-0.39, 0.29) is 5.91 Å². The summed E-state index contributed by atoms with van der Waals surface area (Å²) in [5.74, 6) is -0.143. The van der Waals surface area contributed by atoms with E-state index in [0.717, 1.165) is 5.56 Å². The van der Waals surface area contributed by atoms with Crippen LogP contribution in [0.15, 0.2) is 24.5 Å². The van der Waals surface area contributed by atoms with Gasteiger partial charge >= 0.3 is 0 Å². The summed E-state index contributed by atoms with van der Waals surface area (Å²) in [6.07, 6.45) is 3.93. The molecule has 5 nitrogen and oxygen atoms in total. The van der Waals surface area contributed by atoms with E-state index in [1.54, 1.807) is 23.0 Å². The molecule has 0 radical (unpaired) electrons. The van der Waals surface area contributed by atoms with Crippen LogP contribution in [0.2, 0.25) is 10.0 Å². The fourth-order valence-electron chi connectivity index (χ4n) is 1.69. The Morgan fingerprint density at radius 2 is 2.05 bits per heavy atom. The van der Waals surface area contributed by atoms with Crippen LogP contribution < -0.4 is 11.1 Å². The fraction of sp³-hybridized carbons (Fsp3) is 0.231. The molecule has 0 aliphatic heterocycles. The van der Waals surface area contributed by atoms with Crippen LogP contribution in [0.4, 0.5) is 11.4 Å². The van der Waals surface area contributed by atoms with E-state index in [0.29, 0.717) is 34.4 Å². The molecule has 2 rings (SSSR count). The Balaban J connectivity index is 1.94. The molecular formula is C13H14Cl2N4O. The number of aryl methyl sites for hydroxylation is 2. The van der Waals surface area contributed by atoms with Gasteiger partial charge in [0, 0.05) is 24.8 Å². The minimum absolute atomic E-state index is 0.143. The molecule has 0 bridgehead atoms. The van der Waals surface area contributed by atoms with Crippen LogP contribution in [-0.4, -0.2) is 15.7 Å². The third-order valence-corrected chi connectivity index (χ3v) is 3.32. The Bertz CT molecular complexity index is 616. The van der Waals surface area contributed by atoms with Gasteiger partial charge < -0.3 is 11.1 Å². The van der Waals surface area contributed by atoms with Gasteiger partial charge in [0.2, 0.25) is 5.91 Å². The lowest BCUT2D eigenvalue weighted by molar-refractivity contribution is -0.116. The Hall–Kier alpha value is -1.72. The van der Waals surface area contributed by atoms with Crippen LogP contribution in [0.5, 0.6) is 0 Å². The number of hydrogen-bond donors (Lipinski definition) is 2. The highest BCUT2D eigenvalue weighted by Gasteiger charge is 2.08. The van der Waals surface area contributed by atoms with Gasteiger partial charge in [-0.2, -0.15) is 5.10 Å². The Kier molecular flexibility index (Phi) is 4.52. The molecule has 0 atom stereocenters. The molecule has 1 aromatic heterocycles. The monoisotopic (exact) mass is 312 g/mol. The minimum Gasteiger partial charge on any atom is -0.396 e. The topological polar surface area (TPSA) is 72.9 Å². The predicted molar refractivity (Wildman–Crippen MR) is 81.1 cm³/mol. The van der Waals surface area contributed by atoms with Gasteiger partial charge in [-0.1, -0.05) is 23.2 Å². The second-order valence-electron chi connectivity index (χ2n) is 4.43. The molecule has 1 heterocycles. The molecule has 106 valence electrons. The molecule has 0 aliphatic carbocycles. The van der Waals surface area contributed by atoms with E-state index < -0.39 is 0 Å². The second-order valence-corrected chi connectivity index (χ2v) is 5.25. The summed E-state index contributed by atoms with van der Waals surface area (Å²) in [5.41, 5.74) is 7.52. The van der Waals surface area contributed by atoms with Crippen molar-refractivity contribution in [1.29, 1.82) is 0 Å². The lowest BCUT2D eigenvalue weighted by atomic mass is 10.2. The number of benzene rings is 1. The van der Waals surface area contributed by atoms with E-state index in [4.69, 9.17) is 28.9 Å². The average molecular weight is 313 g/mol. The number of aromatic nitrogens is 2. The Labute approximate surface area is 126 Å². The maximum Gasteiger partial charge on any atom is 0.226 e. The Morgan fingerprint density at radius 1 is 1.40 bits per heavy atom. The number of carbonyl (C=O) groups is 1. The van der Waals surface area contributed by atoms with Crippen LogP contribution in [0, 0.1) is 6.92 Å². The first-order valence-corrected chi connectivity index (χ1v) is 6.74. The zero-order valence-corrected chi connectivity index (χ0v) is 12.4. The lowest BCUT2D eigenvalue weighted by Gasteiger charge is -2.08. The molecule has 7 heteroatoms. The summed E-state index contributed by atoms with van der Waals surface area (Å²) in [7, 11) is 0. The van der Waals surface area contributed by atoms with Crippen molar-refractivity contribution in [3.8, 4) is 0 Å². The zero-order valence-electron chi connectivity index (χ0n) is 10.9.